The van der Waals surface area contributed by atoms with Crippen molar-refractivity contribution in [3.05, 3.63) is 90.6 Å². The second-order valence-corrected chi connectivity index (χ2v) is 7.16. The predicted molar refractivity (Wildman–Crippen MR) is 119 cm³/mol. The summed E-state index contributed by atoms with van der Waals surface area (Å²) in [6.07, 6.45) is 7.36. The fourth-order valence-electron chi connectivity index (χ4n) is 3.39. The van der Waals surface area contributed by atoms with Crippen LogP contribution in [0.1, 0.15) is 16.1 Å². The number of aliphatic hydroxyl groups is 1. The molecule has 4 aromatic heterocycles. The van der Waals surface area contributed by atoms with Gasteiger partial charge in [-0.2, -0.15) is 10.1 Å². The van der Waals surface area contributed by atoms with Gasteiger partial charge in [-0.15, -0.1) is 5.10 Å². The van der Waals surface area contributed by atoms with Crippen molar-refractivity contribution < 1.29 is 9.90 Å². The van der Waals surface area contributed by atoms with Gasteiger partial charge in [-0.3, -0.25) is 14.5 Å². The fraction of sp³-hybridized carbons (Fsp3) is 0.0870. The number of benzene rings is 1. The molecule has 0 radical (unpaired) electrons. The van der Waals surface area contributed by atoms with Gasteiger partial charge in [0.25, 0.3) is 0 Å². The number of nitrogens with one attached hydrogen (secondary N) is 1. The van der Waals surface area contributed by atoms with Gasteiger partial charge in [0, 0.05) is 41.0 Å². The van der Waals surface area contributed by atoms with Crippen molar-refractivity contribution in [2.45, 2.75) is 6.54 Å². The third kappa shape index (κ3) is 3.96. The third-order valence-corrected chi connectivity index (χ3v) is 4.96. The molecule has 9 nitrogen and oxygen atoms in total. The van der Waals surface area contributed by atoms with Crippen molar-refractivity contribution in [1.29, 1.82) is 0 Å². The van der Waals surface area contributed by atoms with Crippen LogP contribution in [0.3, 0.4) is 0 Å². The third-order valence-electron chi connectivity index (χ3n) is 4.96. The molecule has 5 aromatic rings. The van der Waals surface area contributed by atoms with Crippen molar-refractivity contribution in [3.63, 3.8) is 0 Å². The summed E-state index contributed by atoms with van der Waals surface area (Å²) in [4.78, 5) is 20.5. The zero-order valence-corrected chi connectivity index (χ0v) is 17.0. The number of aromatic nitrogens is 6. The fourth-order valence-corrected chi connectivity index (χ4v) is 3.39. The number of carbonyl (C=O) groups excluding carboxylic acids is 1. The zero-order chi connectivity index (χ0) is 21.9. The Morgan fingerprint density at radius 1 is 1.06 bits per heavy atom. The normalized spacial score (nSPS) is 11.0. The number of aliphatic hydroxyl groups excluding tert-OH is 1. The first kappa shape index (κ1) is 19.6. The van der Waals surface area contributed by atoms with Crippen LogP contribution in [-0.2, 0) is 6.54 Å². The molecule has 158 valence electrons. The average molecular weight is 425 g/mol. The summed E-state index contributed by atoms with van der Waals surface area (Å²) < 4.78 is 3.54. The molecule has 0 aliphatic rings. The summed E-state index contributed by atoms with van der Waals surface area (Å²) in [5, 5.41) is 21.1. The molecule has 1 aromatic carbocycles. The van der Waals surface area contributed by atoms with Crippen LogP contribution in [0.2, 0.25) is 0 Å². The number of hydrogen-bond acceptors (Lipinski definition) is 7. The molecule has 0 saturated heterocycles. The lowest BCUT2D eigenvalue weighted by Crippen LogP contribution is -2.04. The Bertz CT molecular complexity index is 1370. The van der Waals surface area contributed by atoms with Crippen molar-refractivity contribution in [2.24, 2.45) is 0 Å². The largest absolute Gasteiger partial charge is 0.388 e. The van der Waals surface area contributed by atoms with E-state index in [0.717, 1.165) is 22.5 Å². The predicted octanol–water partition coefficient (Wildman–Crippen LogP) is 2.95. The number of carbonyl (C=O) groups is 1. The smallest absolute Gasteiger partial charge is 0.247 e. The molecule has 32 heavy (non-hydrogen) atoms. The highest BCUT2D eigenvalue weighted by Gasteiger charge is 2.12. The molecule has 2 N–H and O–H groups in total. The van der Waals surface area contributed by atoms with E-state index in [2.05, 4.69) is 25.5 Å². The van der Waals surface area contributed by atoms with Crippen LogP contribution in [-0.4, -0.2) is 46.9 Å². The summed E-state index contributed by atoms with van der Waals surface area (Å²) in [6.45, 7) is 0.0697. The van der Waals surface area contributed by atoms with E-state index in [9.17, 15) is 4.79 Å². The van der Waals surface area contributed by atoms with Crippen LogP contribution in [0.4, 0.5) is 11.6 Å². The molecule has 0 unspecified atom stereocenters. The minimum atomic E-state index is -0.512. The van der Waals surface area contributed by atoms with Gasteiger partial charge >= 0.3 is 0 Å². The molecule has 9 heteroatoms. The van der Waals surface area contributed by atoms with Crippen LogP contribution in [0, 0.1) is 0 Å². The molecule has 0 fully saturated rings. The summed E-state index contributed by atoms with van der Waals surface area (Å²) in [5.74, 6) is 0.107. The lowest BCUT2D eigenvalue weighted by Gasteiger charge is -2.02. The van der Waals surface area contributed by atoms with Gasteiger partial charge in [-0.25, -0.2) is 4.52 Å². The Hall–Kier alpha value is -4.37. The summed E-state index contributed by atoms with van der Waals surface area (Å²) in [5.41, 5.74) is 4.65. The van der Waals surface area contributed by atoms with Crippen LogP contribution in [0.15, 0.2) is 79.4 Å². The molecular formula is C23H19N7O2. The Kier molecular flexibility index (Phi) is 5.14. The van der Waals surface area contributed by atoms with E-state index in [1.54, 1.807) is 41.2 Å². The second kappa shape index (κ2) is 8.40. The van der Waals surface area contributed by atoms with E-state index in [-0.39, 0.29) is 5.78 Å². The number of Topliss-reactive ketones (excluding diaryl/α,β-unsaturated/α-hetero) is 1. The lowest BCUT2D eigenvalue weighted by atomic mass is 10.1. The molecule has 5 rings (SSSR count). The standard InChI is InChI=1S/C23H19N7O2/c31-15-21(32)16-6-8-18(9-7-16)26-23-27-22-20(5-3-11-30(22)28-23)17-12-25-29(13-17)14-19-4-1-2-10-24-19/h1-13,31H,14-15H2,(H,26,28). The van der Waals surface area contributed by atoms with Crippen LogP contribution >= 0.6 is 0 Å². The molecule has 0 aliphatic heterocycles. The average Bonchev–Trinajstić information content (AvgIpc) is 3.46. The van der Waals surface area contributed by atoms with Crippen LogP contribution in [0.25, 0.3) is 16.8 Å². The van der Waals surface area contributed by atoms with Crippen LogP contribution < -0.4 is 5.32 Å². The number of pyridine rings is 2. The minimum Gasteiger partial charge on any atom is -0.388 e. The SMILES string of the molecule is O=C(CO)c1ccc(Nc2nc3c(-c4cnn(Cc5ccccn5)c4)cccn3n2)cc1. The first-order valence-electron chi connectivity index (χ1n) is 9.99. The number of rotatable bonds is 7. The van der Waals surface area contributed by atoms with Crippen molar-refractivity contribution in [3.8, 4) is 11.1 Å². The van der Waals surface area contributed by atoms with E-state index in [4.69, 9.17) is 5.11 Å². The molecule has 0 saturated carbocycles. The van der Waals surface area contributed by atoms with Crippen LogP contribution in [0.5, 0.6) is 0 Å². The number of anilines is 2. The lowest BCUT2D eigenvalue weighted by molar-refractivity contribution is 0.0904. The van der Waals surface area contributed by atoms with Gasteiger partial charge in [0.2, 0.25) is 5.95 Å². The van der Waals surface area contributed by atoms with Crippen molar-refractivity contribution in [1.82, 2.24) is 29.4 Å². The number of hydrogen-bond donors (Lipinski definition) is 2. The molecule has 0 atom stereocenters. The van der Waals surface area contributed by atoms with Gasteiger partial charge in [0.05, 0.1) is 18.4 Å². The molecule has 0 aliphatic carbocycles. The molecule has 0 spiro atoms. The van der Waals surface area contributed by atoms with Crippen molar-refractivity contribution >= 4 is 23.1 Å². The van der Waals surface area contributed by atoms with Gasteiger partial charge in [0.15, 0.2) is 11.4 Å². The second-order valence-electron chi connectivity index (χ2n) is 7.16. The van der Waals surface area contributed by atoms with E-state index in [0.29, 0.717) is 23.7 Å². The topological polar surface area (TPSA) is 110 Å². The molecule has 0 amide bonds. The van der Waals surface area contributed by atoms with Gasteiger partial charge in [0.1, 0.15) is 6.61 Å². The molecule has 4 heterocycles. The Morgan fingerprint density at radius 3 is 2.72 bits per heavy atom. The highest BCUT2D eigenvalue weighted by Crippen LogP contribution is 2.25. The highest BCUT2D eigenvalue weighted by atomic mass is 16.3. The van der Waals surface area contributed by atoms with Gasteiger partial charge in [-0.1, -0.05) is 6.07 Å². The van der Waals surface area contributed by atoms with E-state index in [1.807, 2.05) is 47.4 Å². The number of nitrogens with zero attached hydrogens (tertiary/aromatic N) is 6. The van der Waals surface area contributed by atoms with E-state index >= 15 is 0 Å². The maximum Gasteiger partial charge on any atom is 0.247 e. The molecule has 0 bridgehead atoms. The number of ketones is 1. The maximum atomic E-state index is 11.6. The summed E-state index contributed by atoms with van der Waals surface area (Å²) in [6, 6.07) is 16.5. The quantitative estimate of drug-likeness (QED) is 0.386. The molecular weight excluding hydrogens is 406 g/mol. The first-order chi connectivity index (χ1) is 15.7. The minimum absolute atomic E-state index is 0.323. The van der Waals surface area contributed by atoms with Crippen molar-refractivity contribution in [2.75, 3.05) is 11.9 Å². The highest BCUT2D eigenvalue weighted by molar-refractivity contribution is 5.97. The monoisotopic (exact) mass is 425 g/mol. The number of fused-ring (bicyclic) bond motifs is 1. The maximum absolute atomic E-state index is 11.6. The van der Waals surface area contributed by atoms with Gasteiger partial charge in [-0.05, 0) is 48.5 Å². The van der Waals surface area contributed by atoms with Gasteiger partial charge < -0.3 is 10.4 Å². The van der Waals surface area contributed by atoms with E-state index < -0.39 is 6.61 Å². The first-order valence-corrected chi connectivity index (χ1v) is 9.99. The zero-order valence-electron chi connectivity index (χ0n) is 17.0. The Morgan fingerprint density at radius 2 is 1.94 bits per heavy atom. The summed E-state index contributed by atoms with van der Waals surface area (Å²) in [7, 11) is 0. The Labute approximate surface area is 183 Å². The summed E-state index contributed by atoms with van der Waals surface area (Å²) >= 11 is 0. The van der Waals surface area contributed by atoms with E-state index in [1.165, 1.54) is 0 Å². The Balaban J connectivity index is 1.40.